The molecule has 2 aromatic rings. The molecule has 0 aliphatic heterocycles. The third kappa shape index (κ3) is 3.81. The van der Waals surface area contributed by atoms with E-state index in [9.17, 15) is 0 Å². The van der Waals surface area contributed by atoms with Crippen molar-refractivity contribution in [3.8, 4) is 6.07 Å². The van der Waals surface area contributed by atoms with E-state index < -0.39 is 0 Å². The van der Waals surface area contributed by atoms with Gasteiger partial charge in [0.25, 0.3) is 0 Å². The molecule has 0 aliphatic rings. The summed E-state index contributed by atoms with van der Waals surface area (Å²) in [6, 6.07) is 17.4. The van der Waals surface area contributed by atoms with Crippen LogP contribution < -0.4 is 10.6 Å². The van der Waals surface area contributed by atoms with Crippen LogP contribution in [0.4, 0.5) is 11.4 Å². The number of anilines is 2. The summed E-state index contributed by atoms with van der Waals surface area (Å²) in [5.41, 5.74) is 3.61. The van der Waals surface area contributed by atoms with Gasteiger partial charge in [-0.2, -0.15) is 5.26 Å². The van der Waals surface area contributed by atoms with Crippen molar-refractivity contribution in [1.82, 2.24) is 0 Å². The lowest BCUT2D eigenvalue weighted by atomic mass is 10.1. The number of thiocarbonyl (C=S) groups is 1. The van der Waals surface area contributed by atoms with Gasteiger partial charge >= 0.3 is 0 Å². The van der Waals surface area contributed by atoms with E-state index in [1.165, 1.54) is 5.56 Å². The molecule has 2 aromatic carbocycles. The first kappa shape index (κ1) is 14.0. The Labute approximate surface area is 124 Å². The summed E-state index contributed by atoms with van der Waals surface area (Å²) in [6.07, 6.45) is 0.986. The van der Waals surface area contributed by atoms with Crippen LogP contribution in [0.25, 0.3) is 0 Å². The minimum absolute atomic E-state index is 0.508. The molecule has 0 saturated carbocycles. The summed E-state index contributed by atoms with van der Waals surface area (Å²) in [5, 5.41) is 15.6. The predicted molar refractivity (Wildman–Crippen MR) is 86.8 cm³/mol. The van der Waals surface area contributed by atoms with Crippen molar-refractivity contribution in [1.29, 1.82) is 5.26 Å². The first-order valence-corrected chi connectivity index (χ1v) is 6.79. The summed E-state index contributed by atoms with van der Waals surface area (Å²) in [7, 11) is 0. The van der Waals surface area contributed by atoms with E-state index in [0.29, 0.717) is 10.7 Å². The lowest BCUT2D eigenvalue weighted by Crippen LogP contribution is -2.19. The molecular weight excluding hydrogens is 266 g/mol. The second kappa shape index (κ2) is 6.69. The van der Waals surface area contributed by atoms with Gasteiger partial charge in [0.05, 0.1) is 11.6 Å². The van der Waals surface area contributed by atoms with Crippen molar-refractivity contribution >= 4 is 28.7 Å². The van der Waals surface area contributed by atoms with Crippen molar-refractivity contribution in [3.05, 3.63) is 59.7 Å². The fourth-order valence-corrected chi connectivity index (χ4v) is 2.06. The first-order chi connectivity index (χ1) is 9.71. The molecule has 3 nitrogen and oxygen atoms in total. The minimum Gasteiger partial charge on any atom is -0.332 e. The second-order valence-corrected chi connectivity index (χ2v) is 4.73. The molecule has 4 heteroatoms. The second-order valence-electron chi connectivity index (χ2n) is 4.33. The van der Waals surface area contributed by atoms with Crippen LogP contribution >= 0.6 is 12.2 Å². The Morgan fingerprint density at radius 1 is 1.10 bits per heavy atom. The van der Waals surface area contributed by atoms with Gasteiger partial charge in [0.1, 0.15) is 0 Å². The van der Waals surface area contributed by atoms with Gasteiger partial charge in [0, 0.05) is 11.4 Å². The van der Waals surface area contributed by atoms with Gasteiger partial charge in [-0.05, 0) is 54.5 Å². The van der Waals surface area contributed by atoms with E-state index in [2.05, 4.69) is 35.8 Å². The average molecular weight is 281 g/mol. The molecule has 0 saturated heterocycles. The van der Waals surface area contributed by atoms with E-state index in [1.54, 1.807) is 12.1 Å². The maximum absolute atomic E-state index is 8.86. The smallest absolute Gasteiger partial charge is 0.175 e. The molecule has 0 amide bonds. The van der Waals surface area contributed by atoms with Crippen molar-refractivity contribution in [2.45, 2.75) is 13.3 Å². The zero-order valence-corrected chi connectivity index (χ0v) is 12.0. The molecule has 20 heavy (non-hydrogen) atoms. The van der Waals surface area contributed by atoms with Crippen molar-refractivity contribution < 1.29 is 0 Å². The predicted octanol–water partition coefficient (Wildman–Crippen LogP) is 3.93. The summed E-state index contributed by atoms with van der Waals surface area (Å²) < 4.78 is 0. The number of rotatable bonds is 3. The Bertz CT molecular complexity index is 659. The molecule has 0 atom stereocenters. The first-order valence-electron chi connectivity index (χ1n) is 6.38. The largest absolute Gasteiger partial charge is 0.332 e. The number of nitriles is 1. The van der Waals surface area contributed by atoms with Crippen LogP contribution in [0.2, 0.25) is 0 Å². The fourth-order valence-electron chi connectivity index (χ4n) is 1.83. The maximum atomic E-state index is 8.86. The van der Waals surface area contributed by atoms with Crippen LogP contribution in [0.5, 0.6) is 0 Å². The van der Waals surface area contributed by atoms with Crippen LogP contribution in [-0.2, 0) is 6.42 Å². The van der Waals surface area contributed by atoms with Crippen LogP contribution in [0.3, 0.4) is 0 Å². The molecule has 100 valence electrons. The van der Waals surface area contributed by atoms with E-state index in [-0.39, 0.29) is 0 Å². The van der Waals surface area contributed by atoms with Gasteiger partial charge in [-0.1, -0.05) is 25.1 Å². The van der Waals surface area contributed by atoms with Crippen LogP contribution in [-0.4, -0.2) is 5.11 Å². The molecule has 0 fully saturated rings. The van der Waals surface area contributed by atoms with Crippen LogP contribution in [0.1, 0.15) is 18.1 Å². The highest BCUT2D eigenvalue weighted by Gasteiger charge is 2.00. The maximum Gasteiger partial charge on any atom is 0.175 e. The normalized spacial score (nSPS) is 9.60. The van der Waals surface area contributed by atoms with E-state index in [1.807, 2.05) is 24.3 Å². The number of nitrogens with zero attached hydrogens (tertiary/aromatic N) is 1. The summed E-state index contributed by atoms with van der Waals surface area (Å²) in [4.78, 5) is 0. The van der Waals surface area contributed by atoms with Crippen LogP contribution in [0.15, 0.2) is 48.5 Å². The number of benzene rings is 2. The van der Waals surface area contributed by atoms with Gasteiger partial charge < -0.3 is 10.6 Å². The molecule has 0 aliphatic carbocycles. The third-order valence-electron chi connectivity index (χ3n) is 2.84. The number of nitrogens with one attached hydrogen (secondary N) is 2. The van der Waals surface area contributed by atoms with E-state index in [4.69, 9.17) is 17.5 Å². The fraction of sp³-hybridized carbons (Fsp3) is 0.125. The molecule has 0 spiro atoms. The zero-order valence-electron chi connectivity index (χ0n) is 11.2. The zero-order chi connectivity index (χ0) is 14.4. The van der Waals surface area contributed by atoms with Crippen LogP contribution in [0, 0.1) is 11.3 Å². The average Bonchev–Trinajstić information content (AvgIpc) is 2.47. The molecule has 0 radical (unpaired) electrons. The lowest BCUT2D eigenvalue weighted by molar-refractivity contribution is 1.14. The molecule has 2 N–H and O–H groups in total. The standard InChI is InChI=1S/C16H15N3S/c1-2-12-5-3-7-14(9-12)18-16(20)19-15-8-4-6-13(10-15)11-17/h3-10H,2H2,1H3,(H2,18,19,20). The Morgan fingerprint density at radius 2 is 1.75 bits per heavy atom. The third-order valence-corrected chi connectivity index (χ3v) is 3.05. The minimum atomic E-state index is 0.508. The summed E-state index contributed by atoms with van der Waals surface area (Å²) in [6.45, 7) is 2.11. The molecule has 2 rings (SSSR count). The van der Waals surface area contributed by atoms with Gasteiger partial charge in [-0.15, -0.1) is 0 Å². The molecule has 0 unspecified atom stereocenters. The highest BCUT2D eigenvalue weighted by Crippen LogP contribution is 2.13. The molecule has 0 aromatic heterocycles. The highest BCUT2D eigenvalue weighted by molar-refractivity contribution is 7.80. The van der Waals surface area contributed by atoms with Crippen molar-refractivity contribution in [2.24, 2.45) is 0 Å². The highest BCUT2D eigenvalue weighted by atomic mass is 32.1. The van der Waals surface area contributed by atoms with Crippen molar-refractivity contribution in [3.63, 3.8) is 0 Å². The van der Waals surface area contributed by atoms with E-state index >= 15 is 0 Å². The molecule has 0 bridgehead atoms. The molecule has 0 heterocycles. The Hall–Kier alpha value is -2.38. The lowest BCUT2D eigenvalue weighted by Gasteiger charge is -2.11. The Kier molecular flexibility index (Phi) is 4.70. The summed E-state index contributed by atoms with van der Waals surface area (Å²) in [5.74, 6) is 0. The number of hydrogen-bond acceptors (Lipinski definition) is 2. The van der Waals surface area contributed by atoms with E-state index in [0.717, 1.165) is 17.8 Å². The Morgan fingerprint density at radius 3 is 2.40 bits per heavy atom. The van der Waals surface area contributed by atoms with Gasteiger partial charge in [-0.25, -0.2) is 0 Å². The number of hydrogen-bond donors (Lipinski definition) is 2. The van der Waals surface area contributed by atoms with Gasteiger partial charge in [-0.3, -0.25) is 0 Å². The number of aryl methyl sites for hydroxylation is 1. The quantitative estimate of drug-likeness (QED) is 0.837. The summed E-state index contributed by atoms with van der Waals surface area (Å²) >= 11 is 5.27. The topological polar surface area (TPSA) is 47.8 Å². The SMILES string of the molecule is CCc1cccc(NC(=S)Nc2cccc(C#N)c2)c1. The molecular formula is C16H15N3S. The monoisotopic (exact) mass is 281 g/mol. The van der Waals surface area contributed by atoms with Gasteiger partial charge in [0.15, 0.2) is 5.11 Å². The van der Waals surface area contributed by atoms with Crippen molar-refractivity contribution in [2.75, 3.05) is 10.6 Å². The Balaban J connectivity index is 2.03. The van der Waals surface area contributed by atoms with Gasteiger partial charge in [0.2, 0.25) is 0 Å².